The molecule has 0 fully saturated rings. The number of ether oxygens (including phenoxy) is 1. The summed E-state index contributed by atoms with van der Waals surface area (Å²) in [7, 11) is 0. The Kier molecular flexibility index (Phi) is 4.48. The van der Waals surface area contributed by atoms with E-state index in [0.717, 1.165) is 17.1 Å². The predicted octanol–water partition coefficient (Wildman–Crippen LogP) is 10.3. The molecular formula is C38H25NO. The number of rotatable bonds is 2. The van der Waals surface area contributed by atoms with Gasteiger partial charge in [-0.3, -0.25) is 0 Å². The van der Waals surface area contributed by atoms with Crippen molar-refractivity contribution in [1.82, 2.24) is 4.57 Å². The molecule has 2 atom stereocenters. The number of hydrogen-bond donors (Lipinski definition) is 0. The molecule has 2 nitrogen and oxygen atoms in total. The van der Waals surface area contributed by atoms with Gasteiger partial charge in [-0.2, -0.15) is 0 Å². The Morgan fingerprint density at radius 2 is 1.32 bits per heavy atom. The molecule has 6 aromatic carbocycles. The van der Waals surface area contributed by atoms with E-state index >= 15 is 0 Å². The van der Waals surface area contributed by atoms with Crippen LogP contribution in [0, 0.1) is 0 Å². The van der Waals surface area contributed by atoms with E-state index in [1.54, 1.807) is 0 Å². The van der Waals surface area contributed by atoms with Crippen LogP contribution in [-0.4, -0.2) is 4.57 Å². The van der Waals surface area contributed by atoms with Crippen LogP contribution in [0.4, 0.5) is 0 Å². The van der Waals surface area contributed by atoms with Gasteiger partial charge in [0.05, 0.1) is 11.6 Å². The highest BCUT2D eigenvalue weighted by Crippen LogP contribution is 2.49. The highest BCUT2D eigenvalue weighted by atomic mass is 16.5. The molecule has 0 saturated heterocycles. The van der Waals surface area contributed by atoms with E-state index in [9.17, 15) is 0 Å². The van der Waals surface area contributed by atoms with Gasteiger partial charge in [-0.1, -0.05) is 109 Å². The Labute approximate surface area is 232 Å². The van der Waals surface area contributed by atoms with Crippen molar-refractivity contribution >= 4 is 43.4 Å². The van der Waals surface area contributed by atoms with E-state index in [-0.39, 0.29) is 12.0 Å². The van der Waals surface area contributed by atoms with Crippen LogP contribution in [0.1, 0.15) is 17.5 Å². The molecule has 2 aliphatic rings. The zero-order chi connectivity index (χ0) is 26.2. The molecule has 0 amide bonds. The molecule has 2 unspecified atom stereocenters. The summed E-state index contributed by atoms with van der Waals surface area (Å²) in [6.07, 6.45) is 9.10. The van der Waals surface area contributed by atoms with Gasteiger partial charge in [0.15, 0.2) is 0 Å². The van der Waals surface area contributed by atoms with Crippen LogP contribution in [0.15, 0.2) is 140 Å². The molecular weight excluding hydrogens is 486 g/mol. The molecule has 2 heteroatoms. The van der Waals surface area contributed by atoms with E-state index < -0.39 is 0 Å². The second kappa shape index (κ2) is 8.21. The SMILES string of the molecule is C1=CC(c2ccc3c(c2)-c2cccc4cccc(c24)O3)C(n2c3ccccc3c3c4ccccc4ccc32)C=C1. The fourth-order valence-corrected chi connectivity index (χ4v) is 7.03. The van der Waals surface area contributed by atoms with Crippen LogP contribution in [0.25, 0.3) is 54.5 Å². The Morgan fingerprint density at radius 1 is 0.525 bits per heavy atom. The summed E-state index contributed by atoms with van der Waals surface area (Å²) in [5.41, 5.74) is 6.23. The summed E-state index contributed by atoms with van der Waals surface area (Å²) < 4.78 is 8.96. The fourth-order valence-electron chi connectivity index (χ4n) is 7.03. The van der Waals surface area contributed by atoms with Gasteiger partial charge in [0.1, 0.15) is 11.5 Å². The van der Waals surface area contributed by atoms with Gasteiger partial charge < -0.3 is 9.30 Å². The van der Waals surface area contributed by atoms with Crippen molar-refractivity contribution in [2.24, 2.45) is 0 Å². The molecule has 9 rings (SSSR count). The minimum atomic E-state index is 0.138. The van der Waals surface area contributed by atoms with E-state index in [2.05, 4.69) is 144 Å². The van der Waals surface area contributed by atoms with Gasteiger partial charge in [0.25, 0.3) is 0 Å². The molecule has 0 spiro atoms. The highest BCUT2D eigenvalue weighted by Gasteiger charge is 2.28. The Balaban J connectivity index is 1.26. The smallest absolute Gasteiger partial charge is 0.135 e. The Bertz CT molecular complexity index is 2210. The lowest BCUT2D eigenvalue weighted by Crippen LogP contribution is -2.16. The summed E-state index contributed by atoms with van der Waals surface area (Å²) in [4.78, 5) is 0. The molecule has 188 valence electrons. The molecule has 0 saturated carbocycles. The number of allylic oxidation sites excluding steroid dienone is 4. The quantitative estimate of drug-likeness (QED) is 0.225. The molecule has 40 heavy (non-hydrogen) atoms. The van der Waals surface area contributed by atoms with Gasteiger partial charge >= 0.3 is 0 Å². The van der Waals surface area contributed by atoms with Crippen LogP contribution in [0.3, 0.4) is 0 Å². The summed E-state index contributed by atoms with van der Waals surface area (Å²) in [6, 6.07) is 41.9. The van der Waals surface area contributed by atoms with Crippen molar-refractivity contribution in [1.29, 1.82) is 0 Å². The molecule has 7 aromatic rings. The van der Waals surface area contributed by atoms with Gasteiger partial charge in [-0.05, 0) is 57.6 Å². The lowest BCUT2D eigenvalue weighted by atomic mass is 9.85. The van der Waals surface area contributed by atoms with E-state index in [0.29, 0.717) is 0 Å². The zero-order valence-corrected chi connectivity index (χ0v) is 21.8. The third-order valence-corrected chi connectivity index (χ3v) is 8.77. The summed E-state index contributed by atoms with van der Waals surface area (Å²) in [6.45, 7) is 0. The second-order valence-corrected chi connectivity index (χ2v) is 10.9. The van der Waals surface area contributed by atoms with Gasteiger partial charge in [0, 0.05) is 33.2 Å². The van der Waals surface area contributed by atoms with E-state index in [4.69, 9.17) is 4.74 Å². The van der Waals surface area contributed by atoms with Crippen LogP contribution < -0.4 is 4.74 Å². The maximum Gasteiger partial charge on any atom is 0.135 e. The lowest BCUT2D eigenvalue weighted by molar-refractivity contribution is 0.486. The van der Waals surface area contributed by atoms with Crippen molar-refractivity contribution in [3.05, 3.63) is 145 Å². The molecule has 1 aliphatic carbocycles. The Hall–Kier alpha value is -5.08. The minimum absolute atomic E-state index is 0.138. The van der Waals surface area contributed by atoms with E-state index in [1.165, 1.54) is 54.5 Å². The lowest BCUT2D eigenvalue weighted by Gasteiger charge is -2.29. The predicted molar refractivity (Wildman–Crippen MR) is 166 cm³/mol. The standard InChI is InChI=1S/C38H25NO/c1-2-13-28-24(9-1)19-21-34-38(28)30-14-4-6-17-33(30)39(34)32-16-5-3-12-27(32)26-20-22-35-31(23-26)29-15-7-10-25-11-8-18-36(40-35)37(25)29/h1-23,27,32H. The monoisotopic (exact) mass is 511 g/mol. The minimum Gasteiger partial charge on any atom is -0.456 e. The number of fused-ring (bicyclic) bond motifs is 7. The second-order valence-electron chi connectivity index (χ2n) is 10.9. The molecule has 0 N–H and O–H groups in total. The number of nitrogens with zero attached hydrogens (tertiary/aromatic N) is 1. The van der Waals surface area contributed by atoms with Gasteiger partial charge in [0.2, 0.25) is 0 Å². The first-order valence-electron chi connectivity index (χ1n) is 13.9. The summed E-state index contributed by atoms with van der Waals surface area (Å²) >= 11 is 0. The fraction of sp³-hybridized carbons (Fsp3) is 0.0526. The van der Waals surface area contributed by atoms with Gasteiger partial charge in [-0.25, -0.2) is 0 Å². The molecule has 0 bridgehead atoms. The van der Waals surface area contributed by atoms with Crippen LogP contribution in [-0.2, 0) is 0 Å². The normalized spacial score (nSPS) is 17.5. The number of aromatic nitrogens is 1. The average molecular weight is 512 g/mol. The highest BCUT2D eigenvalue weighted by molar-refractivity contribution is 6.20. The summed E-state index contributed by atoms with van der Waals surface area (Å²) in [5, 5.41) is 7.62. The third-order valence-electron chi connectivity index (χ3n) is 8.77. The molecule has 0 radical (unpaired) electrons. The number of para-hydroxylation sites is 1. The molecule has 1 aromatic heterocycles. The third kappa shape index (κ3) is 2.99. The number of benzene rings is 6. The first kappa shape index (κ1) is 21.8. The first-order valence-corrected chi connectivity index (χ1v) is 13.9. The van der Waals surface area contributed by atoms with Crippen molar-refractivity contribution in [2.75, 3.05) is 0 Å². The van der Waals surface area contributed by atoms with Crippen molar-refractivity contribution in [3.63, 3.8) is 0 Å². The first-order chi connectivity index (χ1) is 19.8. The largest absolute Gasteiger partial charge is 0.456 e. The molecule has 1 aliphatic heterocycles. The van der Waals surface area contributed by atoms with Crippen molar-refractivity contribution < 1.29 is 4.74 Å². The van der Waals surface area contributed by atoms with Crippen LogP contribution >= 0.6 is 0 Å². The average Bonchev–Trinajstić information content (AvgIpc) is 3.36. The van der Waals surface area contributed by atoms with E-state index in [1.807, 2.05) is 0 Å². The maximum absolute atomic E-state index is 6.41. The number of hydrogen-bond acceptors (Lipinski definition) is 1. The maximum atomic E-state index is 6.41. The van der Waals surface area contributed by atoms with Crippen molar-refractivity contribution in [3.8, 4) is 22.6 Å². The van der Waals surface area contributed by atoms with Crippen molar-refractivity contribution in [2.45, 2.75) is 12.0 Å². The van der Waals surface area contributed by atoms with Crippen LogP contribution in [0.5, 0.6) is 11.5 Å². The summed E-state index contributed by atoms with van der Waals surface area (Å²) in [5.74, 6) is 2.03. The topological polar surface area (TPSA) is 14.2 Å². The zero-order valence-electron chi connectivity index (χ0n) is 21.8. The molecule has 2 heterocycles. The Morgan fingerprint density at radius 3 is 2.27 bits per heavy atom. The van der Waals surface area contributed by atoms with Gasteiger partial charge in [-0.15, -0.1) is 0 Å². The van der Waals surface area contributed by atoms with Crippen LogP contribution in [0.2, 0.25) is 0 Å².